The van der Waals surface area contributed by atoms with Crippen molar-refractivity contribution in [2.45, 2.75) is 6.42 Å². The van der Waals surface area contributed by atoms with E-state index in [1.807, 2.05) is 12.1 Å². The van der Waals surface area contributed by atoms with E-state index in [-0.39, 0.29) is 0 Å². The first kappa shape index (κ1) is 14.8. The van der Waals surface area contributed by atoms with Gasteiger partial charge in [-0.2, -0.15) is 0 Å². The Labute approximate surface area is 111 Å². The number of nitrogens with two attached hydrogens (primary N) is 1. The van der Waals surface area contributed by atoms with Gasteiger partial charge in [0.05, 0.1) is 14.2 Å². The monoisotopic (exact) mass is 267 g/mol. The van der Waals surface area contributed by atoms with Crippen LogP contribution in [0.3, 0.4) is 0 Å². The molecule has 2 amide bonds. The van der Waals surface area contributed by atoms with Gasteiger partial charge in [0.1, 0.15) is 0 Å². The van der Waals surface area contributed by atoms with Gasteiger partial charge in [-0.05, 0) is 24.1 Å². The van der Waals surface area contributed by atoms with Crippen molar-refractivity contribution >= 4 is 11.8 Å². The molecule has 0 unspecified atom stereocenters. The van der Waals surface area contributed by atoms with Crippen molar-refractivity contribution < 1.29 is 19.1 Å². The average molecular weight is 267 g/mol. The third kappa shape index (κ3) is 4.14. The number of carbonyl (C=O) groups excluding carboxylic acids is 2. The van der Waals surface area contributed by atoms with Gasteiger partial charge in [-0.3, -0.25) is 15.0 Å². The van der Waals surface area contributed by atoms with Gasteiger partial charge < -0.3 is 14.8 Å². The highest BCUT2D eigenvalue weighted by atomic mass is 16.5. The summed E-state index contributed by atoms with van der Waals surface area (Å²) in [6.45, 7) is 0.321. The molecule has 0 heterocycles. The number of methoxy groups -OCH3 is 2. The Hall–Kier alpha value is -2.28. The highest BCUT2D eigenvalue weighted by Gasteiger charge is 2.10. The smallest absolute Gasteiger partial charge is 0.323 e. The van der Waals surface area contributed by atoms with Gasteiger partial charge in [-0.25, -0.2) is 5.84 Å². The lowest BCUT2D eigenvalue weighted by Gasteiger charge is -2.09. The zero-order valence-corrected chi connectivity index (χ0v) is 10.9. The van der Waals surface area contributed by atoms with Crippen LogP contribution in [0.25, 0.3) is 0 Å². The van der Waals surface area contributed by atoms with Crippen LogP contribution >= 0.6 is 0 Å². The molecule has 0 atom stereocenters. The van der Waals surface area contributed by atoms with Crippen molar-refractivity contribution in [1.82, 2.24) is 10.7 Å². The van der Waals surface area contributed by atoms with Gasteiger partial charge in [0.15, 0.2) is 11.5 Å². The first-order valence-electron chi connectivity index (χ1n) is 5.62. The Morgan fingerprint density at radius 2 is 1.84 bits per heavy atom. The molecular weight excluding hydrogens is 250 g/mol. The molecule has 0 radical (unpaired) electrons. The molecule has 1 aromatic rings. The van der Waals surface area contributed by atoms with E-state index in [4.69, 9.17) is 15.3 Å². The largest absolute Gasteiger partial charge is 0.493 e. The van der Waals surface area contributed by atoms with E-state index >= 15 is 0 Å². The molecule has 0 aliphatic heterocycles. The molecule has 1 aromatic carbocycles. The molecule has 0 fully saturated rings. The summed E-state index contributed by atoms with van der Waals surface area (Å²) in [5, 5.41) is 2.44. The van der Waals surface area contributed by atoms with Gasteiger partial charge in [0.25, 0.3) is 0 Å². The highest BCUT2D eigenvalue weighted by Crippen LogP contribution is 2.27. The van der Waals surface area contributed by atoms with Crippen molar-refractivity contribution in [1.29, 1.82) is 0 Å². The third-order valence-electron chi connectivity index (χ3n) is 2.48. The number of hydrogen-bond donors (Lipinski definition) is 3. The lowest BCUT2D eigenvalue weighted by atomic mass is 10.1. The third-order valence-corrected chi connectivity index (χ3v) is 2.48. The Balaban J connectivity index is 2.54. The SMILES string of the molecule is COc1ccc(CCNC(=O)C(=O)NN)cc1OC. The lowest BCUT2D eigenvalue weighted by molar-refractivity contribution is -0.139. The molecule has 0 saturated carbocycles. The van der Waals surface area contributed by atoms with Crippen LogP contribution in [-0.2, 0) is 16.0 Å². The summed E-state index contributed by atoms with van der Waals surface area (Å²) in [6.07, 6.45) is 0.559. The van der Waals surface area contributed by atoms with Crippen LogP contribution in [-0.4, -0.2) is 32.6 Å². The fourth-order valence-electron chi connectivity index (χ4n) is 1.50. The molecule has 7 nitrogen and oxygen atoms in total. The summed E-state index contributed by atoms with van der Waals surface area (Å²) < 4.78 is 10.3. The number of hydrogen-bond acceptors (Lipinski definition) is 5. The molecular formula is C12H17N3O4. The van der Waals surface area contributed by atoms with E-state index < -0.39 is 11.8 Å². The van der Waals surface area contributed by atoms with Crippen LogP contribution < -0.4 is 26.1 Å². The molecule has 104 valence electrons. The minimum absolute atomic E-state index is 0.321. The Bertz CT molecular complexity index is 462. The van der Waals surface area contributed by atoms with Crippen molar-refractivity contribution in [3.63, 3.8) is 0 Å². The van der Waals surface area contributed by atoms with E-state index in [1.165, 1.54) is 0 Å². The van der Waals surface area contributed by atoms with Crippen molar-refractivity contribution in [2.75, 3.05) is 20.8 Å². The second kappa shape index (κ2) is 7.22. The number of ether oxygens (including phenoxy) is 2. The number of nitrogens with one attached hydrogen (secondary N) is 2. The normalized spacial score (nSPS) is 9.63. The van der Waals surface area contributed by atoms with Crippen LogP contribution in [0.1, 0.15) is 5.56 Å². The zero-order valence-electron chi connectivity index (χ0n) is 10.9. The average Bonchev–Trinajstić information content (AvgIpc) is 2.45. The number of amides is 2. The van der Waals surface area contributed by atoms with E-state index in [0.29, 0.717) is 24.5 Å². The van der Waals surface area contributed by atoms with Crippen molar-refractivity contribution in [3.05, 3.63) is 23.8 Å². The summed E-state index contributed by atoms with van der Waals surface area (Å²) in [7, 11) is 3.11. The number of hydrazine groups is 1. The van der Waals surface area contributed by atoms with Crippen molar-refractivity contribution in [2.24, 2.45) is 5.84 Å². The molecule has 0 aliphatic rings. The maximum Gasteiger partial charge on any atom is 0.323 e. The van der Waals surface area contributed by atoms with Gasteiger partial charge in [-0.1, -0.05) is 6.07 Å². The predicted molar refractivity (Wildman–Crippen MR) is 68.6 cm³/mol. The van der Waals surface area contributed by atoms with Crippen LogP contribution in [0.15, 0.2) is 18.2 Å². The summed E-state index contributed by atoms with van der Waals surface area (Å²) in [4.78, 5) is 22.0. The standard InChI is InChI=1S/C12H17N3O4/c1-18-9-4-3-8(7-10(9)19-2)5-6-14-11(16)12(17)15-13/h3-4,7H,5-6,13H2,1-2H3,(H,14,16)(H,15,17). The molecule has 0 spiro atoms. The van der Waals surface area contributed by atoms with Crippen LogP contribution in [0.2, 0.25) is 0 Å². The molecule has 0 aromatic heterocycles. The lowest BCUT2D eigenvalue weighted by Crippen LogP contribution is -2.43. The van der Waals surface area contributed by atoms with Crippen LogP contribution in [0.5, 0.6) is 11.5 Å². The van der Waals surface area contributed by atoms with Crippen LogP contribution in [0, 0.1) is 0 Å². The maximum absolute atomic E-state index is 11.1. The molecule has 19 heavy (non-hydrogen) atoms. The number of benzene rings is 1. The first-order valence-corrected chi connectivity index (χ1v) is 5.62. The fourth-order valence-corrected chi connectivity index (χ4v) is 1.50. The second-order valence-corrected chi connectivity index (χ2v) is 3.67. The first-order chi connectivity index (χ1) is 9.12. The van der Waals surface area contributed by atoms with Gasteiger partial charge in [-0.15, -0.1) is 0 Å². The van der Waals surface area contributed by atoms with Crippen LogP contribution in [0.4, 0.5) is 0 Å². The van der Waals surface area contributed by atoms with Gasteiger partial charge >= 0.3 is 11.8 Å². The molecule has 0 aliphatic carbocycles. The summed E-state index contributed by atoms with van der Waals surface area (Å²) in [6, 6.07) is 5.45. The number of rotatable bonds is 5. The van der Waals surface area contributed by atoms with Gasteiger partial charge in [0.2, 0.25) is 0 Å². The minimum Gasteiger partial charge on any atom is -0.493 e. The Kier molecular flexibility index (Phi) is 5.62. The molecule has 0 bridgehead atoms. The van der Waals surface area contributed by atoms with E-state index in [9.17, 15) is 9.59 Å². The molecule has 0 saturated heterocycles. The van der Waals surface area contributed by atoms with E-state index in [0.717, 1.165) is 5.56 Å². The summed E-state index contributed by atoms with van der Waals surface area (Å²) >= 11 is 0. The zero-order chi connectivity index (χ0) is 14.3. The maximum atomic E-state index is 11.1. The minimum atomic E-state index is -0.868. The van der Waals surface area contributed by atoms with E-state index in [1.54, 1.807) is 25.7 Å². The van der Waals surface area contributed by atoms with E-state index in [2.05, 4.69) is 5.32 Å². The number of carbonyl (C=O) groups is 2. The summed E-state index contributed by atoms with van der Waals surface area (Å²) in [5.74, 6) is 4.46. The molecule has 1 rings (SSSR count). The quantitative estimate of drug-likeness (QED) is 0.285. The Morgan fingerprint density at radius 3 is 2.42 bits per heavy atom. The Morgan fingerprint density at radius 1 is 1.16 bits per heavy atom. The van der Waals surface area contributed by atoms with Crippen molar-refractivity contribution in [3.8, 4) is 11.5 Å². The summed E-state index contributed by atoms with van der Waals surface area (Å²) in [5.41, 5.74) is 2.71. The topological polar surface area (TPSA) is 103 Å². The molecule has 4 N–H and O–H groups in total. The molecule has 7 heteroatoms. The van der Waals surface area contributed by atoms with Gasteiger partial charge in [0, 0.05) is 6.54 Å². The fraction of sp³-hybridized carbons (Fsp3) is 0.333. The second-order valence-electron chi connectivity index (χ2n) is 3.67. The highest BCUT2D eigenvalue weighted by molar-refractivity contribution is 6.34. The predicted octanol–water partition coefficient (Wildman–Crippen LogP) is -0.648.